The number of nitrogens with zero attached hydrogens (tertiary/aromatic N) is 2. The molecule has 0 aliphatic heterocycles. The molecule has 0 radical (unpaired) electrons. The standard InChI is InChI=1S/C17H14ClN3O3/c18-12-4-6-15(7-5-12)24-11-21-16(8-9-19-21)17(23)20-13-2-1-3-14(22)10-13/h1-10,22H,11H2,(H,20,23). The predicted molar refractivity (Wildman–Crippen MR) is 90.4 cm³/mol. The summed E-state index contributed by atoms with van der Waals surface area (Å²) < 4.78 is 7.02. The highest BCUT2D eigenvalue weighted by atomic mass is 35.5. The summed E-state index contributed by atoms with van der Waals surface area (Å²) in [5.41, 5.74) is 0.832. The normalized spacial score (nSPS) is 10.4. The minimum atomic E-state index is -0.349. The summed E-state index contributed by atoms with van der Waals surface area (Å²) in [6, 6.07) is 14.8. The number of aromatic nitrogens is 2. The highest BCUT2D eigenvalue weighted by molar-refractivity contribution is 6.30. The van der Waals surface area contributed by atoms with E-state index < -0.39 is 0 Å². The highest BCUT2D eigenvalue weighted by Gasteiger charge is 2.13. The Hall–Kier alpha value is -2.99. The predicted octanol–water partition coefficient (Wildman–Crippen LogP) is 3.53. The second-order valence-corrected chi connectivity index (χ2v) is 5.38. The number of hydrogen-bond donors (Lipinski definition) is 2. The summed E-state index contributed by atoms with van der Waals surface area (Å²) in [7, 11) is 0. The van der Waals surface area contributed by atoms with Gasteiger partial charge in [-0.05, 0) is 42.5 Å². The van der Waals surface area contributed by atoms with Gasteiger partial charge >= 0.3 is 0 Å². The molecule has 2 N–H and O–H groups in total. The van der Waals surface area contributed by atoms with Crippen LogP contribution in [0.25, 0.3) is 0 Å². The fraction of sp³-hybridized carbons (Fsp3) is 0.0588. The van der Waals surface area contributed by atoms with E-state index in [4.69, 9.17) is 16.3 Å². The Labute approximate surface area is 143 Å². The summed E-state index contributed by atoms with van der Waals surface area (Å²) >= 11 is 5.82. The quantitative estimate of drug-likeness (QED) is 0.743. The van der Waals surface area contributed by atoms with Crippen LogP contribution in [0.2, 0.25) is 5.02 Å². The smallest absolute Gasteiger partial charge is 0.274 e. The SMILES string of the molecule is O=C(Nc1cccc(O)c1)c1ccnn1COc1ccc(Cl)cc1. The summed E-state index contributed by atoms with van der Waals surface area (Å²) in [6.45, 7) is 0.0808. The van der Waals surface area contributed by atoms with Crippen LogP contribution in [0.1, 0.15) is 10.5 Å². The molecule has 0 aliphatic rings. The van der Waals surface area contributed by atoms with Gasteiger partial charge in [-0.1, -0.05) is 17.7 Å². The van der Waals surface area contributed by atoms with Crippen LogP contribution in [0.3, 0.4) is 0 Å². The molecule has 0 saturated heterocycles. The highest BCUT2D eigenvalue weighted by Crippen LogP contribution is 2.18. The number of nitrogens with one attached hydrogen (secondary N) is 1. The van der Waals surface area contributed by atoms with E-state index in [2.05, 4.69) is 10.4 Å². The molecule has 0 unspecified atom stereocenters. The number of phenolic OH excluding ortho intramolecular Hbond substituents is 1. The maximum atomic E-state index is 12.3. The van der Waals surface area contributed by atoms with Gasteiger partial charge in [0, 0.05) is 23.0 Å². The van der Waals surface area contributed by atoms with Crippen molar-refractivity contribution in [2.24, 2.45) is 0 Å². The molecule has 0 atom stereocenters. The van der Waals surface area contributed by atoms with Crippen LogP contribution in [0.5, 0.6) is 11.5 Å². The van der Waals surface area contributed by atoms with E-state index in [0.717, 1.165) is 0 Å². The van der Waals surface area contributed by atoms with E-state index in [-0.39, 0.29) is 18.4 Å². The Bertz CT molecular complexity index is 846. The Morgan fingerprint density at radius 1 is 1.21 bits per heavy atom. The third-order valence-electron chi connectivity index (χ3n) is 3.22. The van der Waals surface area contributed by atoms with Crippen LogP contribution in [-0.2, 0) is 6.73 Å². The van der Waals surface area contributed by atoms with Crippen LogP contribution >= 0.6 is 11.6 Å². The number of hydrogen-bond acceptors (Lipinski definition) is 4. The van der Waals surface area contributed by atoms with Crippen molar-refractivity contribution in [3.63, 3.8) is 0 Å². The van der Waals surface area contributed by atoms with E-state index in [1.54, 1.807) is 42.5 Å². The average Bonchev–Trinajstić information content (AvgIpc) is 3.03. The number of anilines is 1. The van der Waals surface area contributed by atoms with Gasteiger partial charge in [0.2, 0.25) is 0 Å². The summed E-state index contributed by atoms with van der Waals surface area (Å²) in [5, 5.41) is 16.8. The molecule has 0 fully saturated rings. The van der Waals surface area contributed by atoms with Crippen molar-refractivity contribution >= 4 is 23.2 Å². The number of phenols is 1. The zero-order chi connectivity index (χ0) is 16.9. The van der Waals surface area contributed by atoms with Crippen LogP contribution in [0.15, 0.2) is 60.8 Å². The molecule has 3 aromatic rings. The van der Waals surface area contributed by atoms with Crippen molar-refractivity contribution in [1.82, 2.24) is 9.78 Å². The third kappa shape index (κ3) is 3.85. The Kier molecular flexibility index (Phi) is 4.67. The van der Waals surface area contributed by atoms with Crippen LogP contribution in [0.4, 0.5) is 5.69 Å². The summed E-state index contributed by atoms with van der Waals surface area (Å²) in [4.78, 5) is 12.3. The number of benzene rings is 2. The first kappa shape index (κ1) is 15.9. The molecule has 0 spiro atoms. The number of carbonyl (C=O) groups is 1. The number of rotatable bonds is 5. The molecular formula is C17H14ClN3O3. The van der Waals surface area contributed by atoms with Gasteiger partial charge in [0.15, 0.2) is 6.73 Å². The van der Waals surface area contributed by atoms with Gasteiger partial charge in [-0.3, -0.25) is 4.79 Å². The third-order valence-corrected chi connectivity index (χ3v) is 3.47. The zero-order valence-corrected chi connectivity index (χ0v) is 13.3. The molecular weight excluding hydrogens is 330 g/mol. The molecule has 1 aromatic heterocycles. The summed E-state index contributed by atoms with van der Waals surface area (Å²) in [5.74, 6) is 0.347. The molecule has 0 bridgehead atoms. The van der Waals surface area contributed by atoms with Crippen molar-refractivity contribution in [3.05, 3.63) is 71.5 Å². The molecule has 7 heteroatoms. The lowest BCUT2D eigenvalue weighted by Gasteiger charge is -2.10. The van der Waals surface area contributed by atoms with Crippen molar-refractivity contribution < 1.29 is 14.6 Å². The molecule has 122 valence electrons. The Morgan fingerprint density at radius 2 is 2.00 bits per heavy atom. The largest absolute Gasteiger partial charge is 0.508 e. The maximum Gasteiger partial charge on any atom is 0.274 e. The van der Waals surface area contributed by atoms with E-state index >= 15 is 0 Å². The number of carbonyl (C=O) groups excluding carboxylic acids is 1. The van der Waals surface area contributed by atoms with E-state index in [9.17, 15) is 9.90 Å². The number of aromatic hydroxyl groups is 1. The van der Waals surface area contributed by atoms with Crippen LogP contribution < -0.4 is 10.1 Å². The fourth-order valence-corrected chi connectivity index (χ4v) is 2.20. The minimum Gasteiger partial charge on any atom is -0.508 e. The molecule has 1 heterocycles. The molecule has 0 saturated carbocycles. The van der Waals surface area contributed by atoms with E-state index in [1.807, 2.05) is 0 Å². The van der Waals surface area contributed by atoms with Gasteiger partial charge in [-0.15, -0.1) is 0 Å². The average molecular weight is 344 g/mol. The second kappa shape index (κ2) is 7.06. The van der Waals surface area contributed by atoms with Gasteiger partial charge in [0.05, 0.1) is 0 Å². The van der Waals surface area contributed by atoms with Gasteiger partial charge < -0.3 is 15.2 Å². The van der Waals surface area contributed by atoms with E-state index in [0.29, 0.717) is 22.2 Å². The fourth-order valence-electron chi connectivity index (χ4n) is 2.07. The molecule has 24 heavy (non-hydrogen) atoms. The van der Waals surface area contributed by atoms with Gasteiger partial charge in [0.25, 0.3) is 5.91 Å². The first-order valence-electron chi connectivity index (χ1n) is 7.12. The van der Waals surface area contributed by atoms with Crippen molar-refractivity contribution in [2.75, 3.05) is 5.32 Å². The van der Waals surface area contributed by atoms with Gasteiger partial charge in [-0.25, -0.2) is 4.68 Å². The molecule has 3 rings (SSSR count). The van der Waals surface area contributed by atoms with Crippen molar-refractivity contribution in [2.45, 2.75) is 6.73 Å². The number of halogens is 1. The molecule has 2 aromatic carbocycles. The molecule has 6 nitrogen and oxygen atoms in total. The topological polar surface area (TPSA) is 76.4 Å². The lowest BCUT2D eigenvalue weighted by atomic mass is 10.3. The van der Waals surface area contributed by atoms with Gasteiger partial charge in [-0.2, -0.15) is 5.10 Å². The monoisotopic (exact) mass is 343 g/mol. The molecule has 0 aliphatic carbocycles. The lowest BCUT2D eigenvalue weighted by molar-refractivity contribution is 0.100. The first-order valence-corrected chi connectivity index (χ1v) is 7.50. The zero-order valence-electron chi connectivity index (χ0n) is 12.5. The van der Waals surface area contributed by atoms with Crippen LogP contribution in [-0.4, -0.2) is 20.8 Å². The van der Waals surface area contributed by atoms with Gasteiger partial charge in [0.1, 0.15) is 17.2 Å². The second-order valence-electron chi connectivity index (χ2n) is 4.95. The molecule has 1 amide bonds. The minimum absolute atomic E-state index is 0.0763. The van der Waals surface area contributed by atoms with Crippen molar-refractivity contribution in [3.8, 4) is 11.5 Å². The van der Waals surface area contributed by atoms with Crippen LogP contribution in [0, 0.1) is 0 Å². The maximum absolute atomic E-state index is 12.3. The Balaban J connectivity index is 1.68. The van der Waals surface area contributed by atoms with Crippen molar-refractivity contribution in [1.29, 1.82) is 0 Å². The number of ether oxygens (including phenoxy) is 1. The van der Waals surface area contributed by atoms with E-state index in [1.165, 1.54) is 23.0 Å². The first-order chi connectivity index (χ1) is 11.6. The lowest BCUT2D eigenvalue weighted by Crippen LogP contribution is -2.19. The Morgan fingerprint density at radius 3 is 2.75 bits per heavy atom. The summed E-state index contributed by atoms with van der Waals surface area (Å²) in [6.07, 6.45) is 1.52. The number of amides is 1.